The number of nitrogens with zero attached hydrogens (tertiary/aromatic N) is 2. The van der Waals surface area contributed by atoms with Gasteiger partial charge in [-0.1, -0.05) is 12.1 Å². The first-order valence-electron chi connectivity index (χ1n) is 3.88. The van der Waals surface area contributed by atoms with Gasteiger partial charge in [-0.25, -0.2) is 0 Å². The topological polar surface area (TPSA) is 48.1 Å². The molecule has 0 spiro atoms. The molecule has 2 aromatic rings. The minimum absolute atomic E-state index is 0.165. The summed E-state index contributed by atoms with van der Waals surface area (Å²) in [5.74, 6) is 0. The Morgan fingerprint density at radius 2 is 2.08 bits per heavy atom. The highest BCUT2D eigenvalue weighted by molar-refractivity contribution is 5.89. The van der Waals surface area contributed by atoms with Crippen LogP contribution in [0.5, 0.6) is 0 Å². The SMILES string of the molecule is Cn1cc([N+](=O)[O-])c2ccccc21. The molecule has 0 amide bonds. The van der Waals surface area contributed by atoms with Gasteiger partial charge in [0, 0.05) is 7.05 Å². The minimum Gasteiger partial charge on any atom is -0.344 e. The molecule has 4 nitrogen and oxygen atoms in total. The Balaban J connectivity index is 2.85. The monoisotopic (exact) mass is 176 g/mol. The number of hydrogen-bond donors (Lipinski definition) is 0. The standard InChI is InChI=1S/C9H8N2O2/c1-10-6-9(11(12)13)7-4-2-3-5-8(7)10/h2-6H,1H3. The van der Waals surface area contributed by atoms with Crippen LogP contribution in [0.4, 0.5) is 5.69 Å². The zero-order chi connectivity index (χ0) is 9.42. The molecule has 2 rings (SSSR count). The molecule has 0 saturated carbocycles. The highest BCUT2D eigenvalue weighted by Crippen LogP contribution is 2.26. The Kier molecular flexibility index (Phi) is 1.55. The van der Waals surface area contributed by atoms with Crippen molar-refractivity contribution in [1.82, 2.24) is 4.57 Å². The zero-order valence-corrected chi connectivity index (χ0v) is 7.10. The number of aromatic nitrogens is 1. The molecule has 0 radical (unpaired) electrons. The number of nitro groups is 1. The number of fused-ring (bicyclic) bond motifs is 1. The molecule has 13 heavy (non-hydrogen) atoms. The van der Waals surface area contributed by atoms with Crippen molar-refractivity contribution in [2.45, 2.75) is 0 Å². The summed E-state index contributed by atoms with van der Waals surface area (Å²) in [6.45, 7) is 0. The normalized spacial score (nSPS) is 10.5. The predicted octanol–water partition coefficient (Wildman–Crippen LogP) is 2.09. The molecule has 0 aliphatic heterocycles. The second-order valence-corrected chi connectivity index (χ2v) is 2.90. The van der Waals surface area contributed by atoms with E-state index in [4.69, 9.17) is 0 Å². The zero-order valence-electron chi connectivity index (χ0n) is 7.10. The van der Waals surface area contributed by atoms with Gasteiger partial charge in [0.25, 0.3) is 5.69 Å². The van der Waals surface area contributed by atoms with Gasteiger partial charge in [0.15, 0.2) is 0 Å². The van der Waals surface area contributed by atoms with E-state index in [1.54, 1.807) is 23.7 Å². The summed E-state index contributed by atoms with van der Waals surface area (Å²) in [5.41, 5.74) is 1.05. The number of rotatable bonds is 1. The molecule has 1 aromatic carbocycles. The molecule has 0 aliphatic rings. The van der Waals surface area contributed by atoms with E-state index in [0.717, 1.165) is 5.52 Å². The Hall–Kier alpha value is -1.84. The van der Waals surface area contributed by atoms with Crippen molar-refractivity contribution in [3.63, 3.8) is 0 Å². The predicted molar refractivity (Wildman–Crippen MR) is 49.6 cm³/mol. The maximum absolute atomic E-state index is 10.6. The molecule has 0 bridgehead atoms. The lowest BCUT2D eigenvalue weighted by Crippen LogP contribution is -1.85. The van der Waals surface area contributed by atoms with E-state index in [0.29, 0.717) is 5.39 Å². The first-order valence-corrected chi connectivity index (χ1v) is 3.88. The van der Waals surface area contributed by atoms with Gasteiger partial charge in [-0.15, -0.1) is 0 Å². The van der Waals surface area contributed by atoms with Crippen molar-refractivity contribution in [2.75, 3.05) is 0 Å². The lowest BCUT2D eigenvalue weighted by atomic mass is 10.2. The Morgan fingerprint density at radius 1 is 1.38 bits per heavy atom. The summed E-state index contributed by atoms with van der Waals surface area (Å²) in [6, 6.07) is 7.29. The third-order valence-corrected chi connectivity index (χ3v) is 2.07. The highest BCUT2D eigenvalue weighted by atomic mass is 16.6. The van der Waals surface area contributed by atoms with E-state index in [1.165, 1.54) is 6.20 Å². The second-order valence-electron chi connectivity index (χ2n) is 2.90. The van der Waals surface area contributed by atoms with Crippen LogP contribution in [-0.4, -0.2) is 9.49 Å². The van der Waals surface area contributed by atoms with Gasteiger partial charge in [0.1, 0.15) is 0 Å². The summed E-state index contributed by atoms with van der Waals surface area (Å²) in [6.07, 6.45) is 1.53. The molecular weight excluding hydrogens is 168 g/mol. The number of aryl methyl sites for hydroxylation is 1. The van der Waals surface area contributed by atoms with Gasteiger partial charge in [0.05, 0.1) is 22.0 Å². The largest absolute Gasteiger partial charge is 0.344 e. The molecule has 0 unspecified atom stereocenters. The Bertz CT molecular complexity index is 473. The first-order chi connectivity index (χ1) is 6.20. The van der Waals surface area contributed by atoms with Crippen molar-refractivity contribution in [1.29, 1.82) is 0 Å². The van der Waals surface area contributed by atoms with Crippen LogP contribution in [-0.2, 0) is 7.05 Å². The fourth-order valence-corrected chi connectivity index (χ4v) is 1.47. The van der Waals surface area contributed by atoms with Crippen LogP contribution < -0.4 is 0 Å². The third kappa shape index (κ3) is 1.07. The molecule has 66 valence electrons. The van der Waals surface area contributed by atoms with E-state index >= 15 is 0 Å². The maximum atomic E-state index is 10.6. The fourth-order valence-electron chi connectivity index (χ4n) is 1.47. The first kappa shape index (κ1) is 7.79. The third-order valence-electron chi connectivity index (χ3n) is 2.07. The molecule has 0 N–H and O–H groups in total. The Labute approximate surface area is 74.6 Å². The molecule has 0 fully saturated rings. The van der Waals surface area contributed by atoms with E-state index in [-0.39, 0.29) is 10.6 Å². The molecular formula is C9H8N2O2. The molecule has 0 aliphatic carbocycles. The minimum atomic E-state index is -0.359. The molecule has 1 heterocycles. The summed E-state index contributed by atoms with van der Waals surface area (Å²) < 4.78 is 1.76. The number of para-hydroxylation sites is 1. The molecule has 1 aromatic heterocycles. The van der Waals surface area contributed by atoms with Crippen LogP contribution in [0.25, 0.3) is 10.9 Å². The van der Waals surface area contributed by atoms with Crippen LogP contribution in [0.3, 0.4) is 0 Å². The molecule has 0 atom stereocenters. The highest BCUT2D eigenvalue weighted by Gasteiger charge is 2.14. The molecule has 0 saturated heterocycles. The second kappa shape index (κ2) is 2.58. The van der Waals surface area contributed by atoms with Crippen LogP contribution in [0.2, 0.25) is 0 Å². The van der Waals surface area contributed by atoms with Gasteiger partial charge in [-0.2, -0.15) is 0 Å². The van der Waals surface area contributed by atoms with Gasteiger partial charge in [-0.3, -0.25) is 10.1 Å². The molecule has 4 heteroatoms. The summed E-state index contributed by atoms with van der Waals surface area (Å²) in [4.78, 5) is 10.3. The van der Waals surface area contributed by atoms with Crippen LogP contribution >= 0.6 is 0 Å². The fraction of sp³-hybridized carbons (Fsp3) is 0.111. The van der Waals surface area contributed by atoms with Gasteiger partial charge >= 0.3 is 0 Å². The lowest BCUT2D eigenvalue weighted by Gasteiger charge is -1.91. The number of benzene rings is 1. The van der Waals surface area contributed by atoms with Crippen molar-refractivity contribution in [3.05, 3.63) is 40.6 Å². The number of hydrogen-bond acceptors (Lipinski definition) is 2. The summed E-state index contributed by atoms with van der Waals surface area (Å²) in [5, 5.41) is 11.3. The van der Waals surface area contributed by atoms with Crippen molar-refractivity contribution in [2.24, 2.45) is 7.05 Å². The smallest absolute Gasteiger partial charge is 0.294 e. The van der Waals surface area contributed by atoms with E-state index in [1.807, 2.05) is 12.1 Å². The average molecular weight is 176 g/mol. The van der Waals surface area contributed by atoms with Gasteiger partial charge in [-0.05, 0) is 12.1 Å². The van der Waals surface area contributed by atoms with Crippen molar-refractivity contribution < 1.29 is 4.92 Å². The Morgan fingerprint density at radius 3 is 2.77 bits per heavy atom. The van der Waals surface area contributed by atoms with E-state index in [2.05, 4.69) is 0 Å². The van der Waals surface area contributed by atoms with E-state index in [9.17, 15) is 10.1 Å². The quantitative estimate of drug-likeness (QED) is 0.493. The van der Waals surface area contributed by atoms with E-state index < -0.39 is 0 Å². The lowest BCUT2D eigenvalue weighted by molar-refractivity contribution is -0.383. The van der Waals surface area contributed by atoms with Crippen LogP contribution in [0, 0.1) is 10.1 Å². The van der Waals surface area contributed by atoms with Gasteiger partial charge in [0.2, 0.25) is 0 Å². The van der Waals surface area contributed by atoms with Crippen molar-refractivity contribution >= 4 is 16.6 Å². The van der Waals surface area contributed by atoms with Gasteiger partial charge < -0.3 is 4.57 Å². The van der Waals surface area contributed by atoms with Crippen LogP contribution in [0.15, 0.2) is 30.5 Å². The maximum Gasteiger partial charge on any atom is 0.294 e. The summed E-state index contributed by atoms with van der Waals surface area (Å²) in [7, 11) is 1.80. The van der Waals surface area contributed by atoms with Crippen molar-refractivity contribution in [3.8, 4) is 0 Å². The van der Waals surface area contributed by atoms with Crippen LogP contribution in [0.1, 0.15) is 0 Å². The summed E-state index contributed by atoms with van der Waals surface area (Å²) >= 11 is 0. The average Bonchev–Trinajstić information content (AvgIpc) is 2.45.